The third kappa shape index (κ3) is 8.35. The molecule has 0 heterocycles. The zero-order valence-corrected chi connectivity index (χ0v) is 22.2. The molecule has 4 N–H and O–H groups in total. The smallest absolute Gasteiger partial charge is 0.326 e. The Labute approximate surface area is 228 Å². The van der Waals surface area contributed by atoms with Crippen LogP contribution in [0.3, 0.4) is 0 Å². The van der Waals surface area contributed by atoms with E-state index in [0.29, 0.717) is 5.56 Å². The van der Waals surface area contributed by atoms with Gasteiger partial charge in [-0.1, -0.05) is 92.7 Å². The number of imide groups is 1. The molecule has 0 aliphatic rings. The number of carbonyl (C=O) groups excluding carboxylic acids is 3. The third-order valence-corrected chi connectivity index (χ3v) is 6.30. The summed E-state index contributed by atoms with van der Waals surface area (Å²) in [5.74, 6) is -3.35. The van der Waals surface area contributed by atoms with Gasteiger partial charge in [0.2, 0.25) is 11.8 Å². The standard InChI is InChI=1S/C31H35N3O5/c1-21(2)18-26(31(38)39)33-28(35)27(20-23-14-8-4-9-15-23)34(29(36)24-16-10-5-11-17-24)30(37)25(32)19-22-12-6-3-7-13-22/h3-17,21,25-27H,18-20,32H2,1-2H3,(H,33,35)(H,38,39). The van der Waals surface area contributed by atoms with Crippen LogP contribution in [-0.2, 0) is 27.2 Å². The quantitative estimate of drug-likeness (QED) is 0.330. The van der Waals surface area contributed by atoms with E-state index in [4.69, 9.17) is 5.73 Å². The molecule has 3 aromatic rings. The van der Waals surface area contributed by atoms with Crippen LogP contribution >= 0.6 is 0 Å². The highest BCUT2D eigenvalue weighted by atomic mass is 16.4. The Morgan fingerprint density at radius 1 is 0.795 bits per heavy atom. The van der Waals surface area contributed by atoms with Gasteiger partial charge in [0, 0.05) is 12.0 Å². The summed E-state index contributed by atoms with van der Waals surface area (Å²) in [4.78, 5) is 54.3. The van der Waals surface area contributed by atoms with Gasteiger partial charge in [0.1, 0.15) is 12.1 Å². The third-order valence-electron chi connectivity index (χ3n) is 6.30. The molecule has 204 valence electrons. The van der Waals surface area contributed by atoms with Gasteiger partial charge in [-0.25, -0.2) is 4.79 Å². The van der Waals surface area contributed by atoms with Crippen molar-refractivity contribution in [1.29, 1.82) is 0 Å². The number of aliphatic carboxylic acids is 1. The van der Waals surface area contributed by atoms with Crippen molar-refractivity contribution in [3.8, 4) is 0 Å². The van der Waals surface area contributed by atoms with Crippen molar-refractivity contribution in [1.82, 2.24) is 10.2 Å². The Balaban J connectivity index is 2.04. The first-order valence-electron chi connectivity index (χ1n) is 13.0. The average Bonchev–Trinajstić information content (AvgIpc) is 2.93. The van der Waals surface area contributed by atoms with Crippen molar-refractivity contribution < 1.29 is 24.3 Å². The van der Waals surface area contributed by atoms with Gasteiger partial charge in [-0.2, -0.15) is 0 Å². The van der Waals surface area contributed by atoms with E-state index in [1.807, 2.05) is 50.2 Å². The van der Waals surface area contributed by atoms with Crippen molar-refractivity contribution in [2.24, 2.45) is 11.7 Å². The number of nitrogens with one attached hydrogen (secondary N) is 1. The monoisotopic (exact) mass is 529 g/mol. The highest BCUT2D eigenvalue weighted by molar-refractivity contribution is 6.09. The summed E-state index contributed by atoms with van der Waals surface area (Å²) in [6, 6.07) is 22.6. The van der Waals surface area contributed by atoms with Crippen molar-refractivity contribution in [3.05, 3.63) is 108 Å². The molecule has 0 saturated heterocycles. The Kier molecular flexibility index (Phi) is 10.5. The Morgan fingerprint density at radius 2 is 1.28 bits per heavy atom. The van der Waals surface area contributed by atoms with Crippen LogP contribution in [0.15, 0.2) is 91.0 Å². The Bertz CT molecular complexity index is 1250. The lowest BCUT2D eigenvalue weighted by atomic mass is 9.98. The minimum atomic E-state index is -1.33. The molecule has 0 bridgehead atoms. The molecule has 39 heavy (non-hydrogen) atoms. The fraction of sp³-hybridized carbons (Fsp3) is 0.290. The first-order valence-corrected chi connectivity index (χ1v) is 13.0. The number of carbonyl (C=O) groups is 4. The number of benzene rings is 3. The minimum absolute atomic E-state index is 0.0109. The zero-order valence-electron chi connectivity index (χ0n) is 22.2. The second-order valence-electron chi connectivity index (χ2n) is 9.91. The number of hydrogen-bond donors (Lipinski definition) is 3. The van der Waals surface area contributed by atoms with E-state index in [9.17, 15) is 24.3 Å². The summed E-state index contributed by atoms with van der Waals surface area (Å²) in [7, 11) is 0. The summed E-state index contributed by atoms with van der Waals surface area (Å²) >= 11 is 0. The molecule has 0 aromatic heterocycles. The lowest BCUT2D eigenvalue weighted by Gasteiger charge is -2.32. The number of hydrogen-bond acceptors (Lipinski definition) is 5. The molecule has 0 spiro atoms. The van der Waals surface area contributed by atoms with Gasteiger partial charge in [0.15, 0.2) is 0 Å². The Hall–Kier alpha value is -4.30. The predicted molar refractivity (Wildman–Crippen MR) is 149 cm³/mol. The maximum absolute atomic E-state index is 13.9. The zero-order chi connectivity index (χ0) is 28.4. The van der Waals surface area contributed by atoms with E-state index in [1.165, 1.54) is 0 Å². The summed E-state index contributed by atoms with van der Waals surface area (Å²) in [6.07, 6.45) is 0.333. The van der Waals surface area contributed by atoms with E-state index in [-0.39, 0.29) is 30.7 Å². The summed E-state index contributed by atoms with van der Waals surface area (Å²) in [6.45, 7) is 3.70. The van der Waals surface area contributed by atoms with E-state index in [1.54, 1.807) is 54.6 Å². The molecule has 0 fully saturated rings. The maximum Gasteiger partial charge on any atom is 0.326 e. The van der Waals surface area contributed by atoms with Crippen molar-refractivity contribution >= 4 is 23.7 Å². The second-order valence-corrected chi connectivity index (χ2v) is 9.91. The molecule has 3 amide bonds. The van der Waals surface area contributed by atoms with Crippen LogP contribution in [0.2, 0.25) is 0 Å². The number of nitrogens with zero attached hydrogens (tertiary/aromatic N) is 1. The van der Waals surface area contributed by atoms with Crippen LogP contribution < -0.4 is 11.1 Å². The Morgan fingerprint density at radius 3 is 1.77 bits per heavy atom. The van der Waals surface area contributed by atoms with Crippen LogP contribution in [0.25, 0.3) is 0 Å². The van der Waals surface area contributed by atoms with Gasteiger partial charge in [-0.15, -0.1) is 0 Å². The van der Waals surface area contributed by atoms with Crippen LogP contribution in [0.5, 0.6) is 0 Å². The molecular formula is C31H35N3O5. The van der Waals surface area contributed by atoms with Crippen molar-refractivity contribution in [3.63, 3.8) is 0 Å². The lowest BCUT2D eigenvalue weighted by molar-refractivity contribution is -0.144. The van der Waals surface area contributed by atoms with Crippen LogP contribution in [0.4, 0.5) is 0 Å². The highest BCUT2D eigenvalue weighted by Crippen LogP contribution is 2.18. The fourth-order valence-electron chi connectivity index (χ4n) is 4.35. The van der Waals surface area contributed by atoms with E-state index in [2.05, 4.69) is 5.32 Å². The topological polar surface area (TPSA) is 130 Å². The molecule has 3 unspecified atom stereocenters. The number of amides is 3. The molecular weight excluding hydrogens is 494 g/mol. The van der Waals surface area contributed by atoms with Gasteiger partial charge in [0.25, 0.3) is 5.91 Å². The average molecular weight is 530 g/mol. The molecule has 0 aliphatic carbocycles. The minimum Gasteiger partial charge on any atom is -0.480 e. The summed E-state index contributed by atoms with van der Waals surface area (Å²) in [5.41, 5.74) is 8.05. The van der Waals surface area contributed by atoms with Gasteiger partial charge >= 0.3 is 5.97 Å². The first-order chi connectivity index (χ1) is 18.7. The second kappa shape index (κ2) is 14.0. The molecule has 0 radical (unpaired) electrons. The van der Waals surface area contributed by atoms with Gasteiger partial charge in [-0.3, -0.25) is 19.3 Å². The van der Waals surface area contributed by atoms with Crippen LogP contribution in [0, 0.1) is 5.92 Å². The molecule has 0 aliphatic heterocycles. The van der Waals surface area contributed by atoms with Crippen molar-refractivity contribution in [2.75, 3.05) is 0 Å². The molecule has 3 atom stereocenters. The van der Waals surface area contributed by atoms with Crippen LogP contribution in [0.1, 0.15) is 41.8 Å². The van der Waals surface area contributed by atoms with Gasteiger partial charge in [-0.05, 0) is 42.0 Å². The first kappa shape index (κ1) is 29.3. The van der Waals surface area contributed by atoms with Crippen LogP contribution in [-0.4, -0.2) is 51.8 Å². The molecule has 3 rings (SSSR count). The normalized spacial score (nSPS) is 13.2. The largest absolute Gasteiger partial charge is 0.480 e. The SMILES string of the molecule is CC(C)CC(NC(=O)C(Cc1ccccc1)N(C(=O)c1ccccc1)C(=O)C(N)Cc1ccccc1)C(=O)O. The van der Waals surface area contributed by atoms with Gasteiger partial charge < -0.3 is 16.2 Å². The highest BCUT2D eigenvalue weighted by Gasteiger charge is 2.39. The summed E-state index contributed by atoms with van der Waals surface area (Å²) in [5, 5.41) is 12.3. The molecule has 8 heteroatoms. The summed E-state index contributed by atoms with van der Waals surface area (Å²) < 4.78 is 0. The predicted octanol–water partition coefficient (Wildman–Crippen LogP) is 3.45. The van der Waals surface area contributed by atoms with E-state index < -0.39 is 41.8 Å². The molecule has 3 aromatic carbocycles. The van der Waals surface area contributed by atoms with E-state index in [0.717, 1.165) is 10.5 Å². The maximum atomic E-state index is 13.9. The number of carboxylic acid groups (broad SMARTS) is 1. The fourth-order valence-corrected chi connectivity index (χ4v) is 4.35. The number of nitrogens with two attached hydrogens (primary N) is 1. The molecule has 0 saturated carbocycles. The number of rotatable bonds is 12. The molecule has 8 nitrogen and oxygen atoms in total. The van der Waals surface area contributed by atoms with E-state index >= 15 is 0 Å². The lowest BCUT2D eigenvalue weighted by Crippen LogP contribution is -2.59. The number of carboxylic acids is 1. The van der Waals surface area contributed by atoms with Crippen molar-refractivity contribution in [2.45, 2.75) is 51.2 Å². The van der Waals surface area contributed by atoms with Gasteiger partial charge in [0.05, 0.1) is 6.04 Å².